The first-order valence-electron chi connectivity index (χ1n) is 13.3. The summed E-state index contributed by atoms with van der Waals surface area (Å²) in [7, 11) is 0. The van der Waals surface area contributed by atoms with E-state index in [4.69, 9.17) is 0 Å². The Balaban J connectivity index is 1.58. The molecule has 6 rings (SSSR count). The molecule has 0 spiro atoms. The third kappa shape index (κ3) is 4.08. The van der Waals surface area contributed by atoms with E-state index in [0.29, 0.717) is 12.3 Å². The van der Waals surface area contributed by atoms with Gasteiger partial charge < -0.3 is 10.2 Å². The van der Waals surface area contributed by atoms with Gasteiger partial charge in [0.15, 0.2) is 5.78 Å². The highest BCUT2D eigenvalue weighted by atomic mass is 16.6. The standard InChI is InChI=1S/C31H33N3O3/c1-19-12-14-33(15-13-19)26-11-9-21(34(36)37)16-23(26)30-29-24(17-31(2,3)18-27(29)35)28-22-7-5-4-6-20(22)8-10-25(28)32-30/h4-11,16,19,30,32H,12-15,17-18H2,1-3H3/t30-/m0/s1. The molecule has 1 atom stereocenters. The van der Waals surface area contributed by atoms with E-state index in [-0.39, 0.29) is 21.8 Å². The van der Waals surface area contributed by atoms with E-state index in [9.17, 15) is 14.9 Å². The molecule has 0 saturated carbocycles. The zero-order chi connectivity index (χ0) is 25.9. The average molecular weight is 496 g/mol. The van der Waals surface area contributed by atoms with Crippen LogP contribution >= 0.6 is 0 Å². The van der Waals surface area contributed by atoms with Gasteiger partial charge in [-0.15, -0.1) is 0 Å². The molecule has 0 amide bonds. The number of nitro groups is 1. The second-order valence-electron chi connectivity index (χ2n) is 11.8. The summed E-state index contributed by atoms with van der Waals surface area (Å²) in [5.41, 5.74) is 5.66. The van der Waals surface area contributed by atoms with Crippen molar-refractivity contribution < 1.29 is 9.72 Å². The summed E-state index contributed by atoms with van der Waals surface area (Å²) >= 11 is 0. The molecule has 37 heavy (non-hydrogen) atoms. The number of carbonyl (C=O) groups excluding carboxylic acids is 1. The second kappa shape index (κ2) is 8.72. The number of benzene rings is 3. The maximum absolute atomic E-state index is 13.9. The van der Waals surface area contributed by atoms with Crippen LogP contribution in [0.3, 0.4) is 0 Å². The number of nitrogens with one attached hydrogen (secondary N) is 1. The highest BCUT2D eigenvalue weighted by Gasteiger charge is 2.42. The van der Waals surface area contributed by atoms with Crippen molar-refractivity contribution in [2.45, 2.75) is 52.5 Å². The van der Waals surface area contributed by atoms with Gasteiger partial charge in [0.1, 0.15) is 0 Å². The van der Waals surface area contributed by atoms with Gasteiger partial charge in [0.05, 0.1) is 11.0 Å². The Labute approximate surface area is 217 Å². The SMILES string of the molecule is CC1CCN(c2ccc([N+](=O)[O-])cc2[C@@H]2Nc3ccc4ccccc4c3C3=C2C(=O)CC(C)(C)C3)CC1. The third-order valence-corrected chi connectivity index (χ3v) is 8.40. The summed E-state index contributed by atoms with van der Waals surface area (Å²) in [6.07, 6.45) is 3.43. The predicted molar refractivity (Wildman–Crippen MR) is 149 cm³/mol. The molecule has 3 aromatic carbocycles. The van der Waals surface area contributed by atoms with Crippen molar-refractivity contribution in [2.75, 3.05) is 23.3 Å². The first kappa shape index (κ1) is 23.7. The zero-order valence-corrected chi connectivity index (χ0v) is 21.7. The van der Waals surface area contributed by atoms with Gasteiger partial charge in [-0.1, -0.05) is 51.1 Å². The topological polar surface area (TPSA) is 75.5 Å². The van der Waals surface area contributed by atoms with Gasteiger partial charge in [0.25, 0.3) is 5.69 Å². The molecule has 0 radical (unpaired) electrons. The Morgan fingerprint density at radius 1 is 1.03 bits per heavy atom. The lowest BCUT2D eigenvalue weighted by Gasteiger charge is -2.41. The van der Waals surface area contributed by atoms with E-state index in [2.05, 4.69) is 55.3 Å². The Morgan fingerprint density at radius 2 is 1.78 bits per heavy atom. The van der Waals surface area contributed by atoms with Crippen LogP contribution < -0.4 is 10.2 Å². The van der Waals surface area contributed by atoms with E-state index < -0.39 is 6.04 Å². The van der Waals surface area contributed by atoms with Crippen LogP contribution in [0.5, 0.6) is 0 Å². The van der Waals surface area contributed by atoms with E-state index >= 15 is 0 Å². The number of hydrogen-bond donors (Lipinski definition) is 1. The van der Waals surface area contributed by atoms with Gasteiger partial charge in [0, 0.05) is 59.7 Å². The molecule has 1 N–H and O–H groups in total. The van der Waals surface area contributed by atoms with Gasteiger partial charge in [-0.05, 0) is 59.1 Å². The first-order chi connectivity index (χ1) is 17.7. The maximum atomic E-state index is 13.9. The fourth-order valence-corrected chi connectivity index (χ4v) is 6.49. The number of ketones is 1. The van der Waals surface area contributed by atoms with Crippen molar-refractivity contribution in [3.05, 3.63) is 81.4 Å². The molecule has 3 aliphatic rings. The smallest absolute Gasteiger partial charge is 0.269 e. The Hall–Kier alpha value is -3.67. The van der Waals surface area contributed by atoms with Crippen molar-refractivity contribution in [3.63, 3.8) is 0 Å². The summed E-state index contributed by atoms with van der Waals surface area (Å²) in [4.78, 5) is 27.7. The van der Waals surface area contributed by atoms with Crippen LogP contribution in [-0.4, -0.2) is 23.8 Å². The molecule has 2 heterocycles. The monoisotopic (exact) mass is 495 g/mol. The number of anilines is 2. The number of non-ortho nitro benzene ring substituents is 1. The van der Waals surface area contributed by atoms with E-state index in [1.165, 1.54) is 0 Å². The fourth-order valence-electron chi connectivity index (χ4n) is 6.49. The number of hydrogen-bond acceptors (Lipinski definition) is 5. The predicted octanol–water partition coefficient (Wildman–Crippen LogP) is 7.29. The summed E-state index contributed by atoms with van der Waals surface area (Å²) < 4.78 is 0. The molecule has 1 fully saturated rings. The van der Waals surface area contributed by atoms with Crippen LogP contribution in [0.25, 0.3) is 16.3 Å². The molecule has 6 heteroatoms. The highest BCUT2D eigenvalue weighted by molar-refractivity contribution is 6.13. The minimum absolute atomic E-state index is 0.0565. The van der Waals surface area contributed by atoms with E-state index in [1.807, 2.05) is 18.2 Å². The van der Waals surface area contributed by atoms with Gasteiger partial charge in [-0.2, -0.15) is 0 Å². The number of carbonyl (C=O) groups is 1. The quantitative estimate of drug-likeness (QED) is 0.305. The van der Waals surface area contributed by atoms with Crippen LogP contribution in [0.15, 0.2) is 60.2 Å². The largest absolute Gasteiger partial charge is 0.373 e. The van der Waals surface area contributed by atoms with Crippen molar-refractivity contribution in [3.8, 4) is 0 Å². The van der Waals surface area contributed by atoms with Crippen LogP contribution in [0.2, 0.25) is 0 Å². The number of nitro benzene ring substituents is 1. The molecule has 0 unspecified atom stereocenters. The Kier molecular flexibility index (Phi) is 5.59. The van der Waals surface area contributed by atoms with Gasteiger partial charge in [-0.3, -0.25) is 14.9 Å². The lowest BCUT2D eigenvalue weighted by Crippen LogP contribution is -2.36. The minimum atomic E-state index is -0.429. The molecular weight excluding hydrogens is 462 g/mol. The first-order valence-corrected chi connectivity index (χ1v) is 13.3. The van der Waals surface area contributed by atoms with Crippen LogP contribution in [0.1, 0.15) is 63.6 Å². The second-order valence-corrected chi connectivity index (χ2v) is 11.8. The normalized spacial score (nSPS) is 21.4. The number of rotatable bonds is 3. The highest BCUT2D eigenvalue weighted by Crippen LogP contribution is 2.53. The molecule has 1 saturated heterocycles. The molecular formula is C31H33N3O3. The molecule has 3 aromatic rings. The number of nitrogens with zero attached hydrogens (tertiary/aromatic N) is 2. The summed E-state index contributed by atoms with van der Waals surface area (Å²) in [5.74, 6) is 0.800. The summed E-state index contributed by atoms with van der Waals surface area (Å²) in [5, 5.41) is 17.8. The van der Waals surface area contributed by atoms with Crippen LogP contribution in [0, 0.1) is 21.4 Å². The lowest BCUT2D eigenvalue weighted by molar-refractivity contribution is -0.384. The molecule has 2 aliphatic heterocycles. The molecule has 0 bridgehead atoms. The van der Waals surface area contributed by atoms with E-state index in [1.54, 1.807) is 12.1 Å². The van der Waals surface area contributed by atoms with Crippen molar-refractivity contribution in [1.82, 2.24) is 0 Å². The number of Topliss-reactive ketones (excluding diaryl/α,β-unsaturated/α-hetero) is 1. The zero-order valence-electron chi connectivity index (χ0n) is 21.7. The molecule has 0 aromatic heterocycles. The Bertz CT molecular complexity index is 1460. The number of allylic oxidation sites excluding steroid dienone is 1. The Morgan fingerprint density at radius 3 is 2.54 bits per heavy atom. The van der Waals surface area contributed by atoms with Crippen molar-refractivity contribution in [2.24, 2.45) is 11.3 Å². The van der Waals surface area contributed by atoms with Crippen molar-refractivity contribution in [1.29, 1.82) is 0 Å². The molecule has 1 aliphatic carbocycles. The number of fused-ring (bicyclic) bond motifs is 4. The minimum Gasteiger partial charge on any atom is -0.373 e. The van der Waals surface area contributed by atoms with Gasteiger partial charge in [-0.25, -0.2) is 0 Å². The molecule has 6 nitrogen and oxygen atoms in total. The number of piperidine rings is 1. The summed E-state index contributed by atoms with van der Waals surface area (Å²) in [6.45, 7) is 8.41. The summed E-state index contributed by atoms with van der Waals surface area (Å²) in [6, 6.07) is 17.3. The van der Waals surface area contributed by atoms with Crippen molar-refractivity contribution >= 4 is 39.2 Å². The van der Waals surface area contributed by atoms with E-state index in [0.717, 1.165) is 76.8 Å². The lowest BCUT2D eigenvalue weighted by atomic mass is 9.67. The average Bonchev–Trinajstić information content (AvgIpc) is 2.87. The third-order valence-electron chi connectivity index (χ3n) is 8.40. The van der Waals surface area contributed by atoms with Crippen LogP contribution in [0.4, 0.5) is 17.1 Å². The molecule has 190 valence electrons. The van der Waals surface area contributed by atoms with Gasteiger partial charge in [0.2, 0.25) is 0 Å². The van der Waals surface area contributed by atoms with Crippen LogP contribution in [-0.2, 0) is 4.79 Å². The fraction of sp³-hybridized carbons (Fsp3) is 0.387. The maximum Gasteiger partial charge on any atom is 0.269 e. The van der Waals surface area contributed by atoms with Gasteiger partial charge >= 0.3 is 0 Å².